The maximum Gasteiger partial charge on any atom is 0.345 e. The second-order valence-electron chi connectivity index (χ2n) is 6.71. The number of nitrogens with one attached hydrogen (secondary N) is 1. The first-order chi connectivity index (χ1) is 15.2. The van der Waals surface area contributed by atoms with Crippen LogP contribution in [0.2, 0.25) is 0 Å². The Hall–Kier alpha value is -4.28. The van der Waals surface area contributed by atoms with E-state index in [1.807, 2.05) is 48.5 Å². The van der Waals surface area contributed by atoms with Crippen molar-refractivity contribution in [3.05, 3.63) is 93.9 Å². The molecule has 0 fully saturated rings. The van der Waals surface area contributed by atoms with Crippen LogP contribution in [0.4, 0.5) is 5.82 Å². The zero-order valence-corrected chi connectivity index (χ0v) is 16.9. The Labute approximate surface area is 180 Å². The molecule has 1 N–H and O–H groups in total. The first kappa shape index (κ1) is 18.7. The van der Waals surface area contributed by atoms with E-state index in [-0.39, 0.29) is 0 Å². The third-order valence-electron chi connectivity index (χ3n) is 4.80. The number of anilines is 1. The van der Waals surface area contributed by atoms with Crippen molar-refractivity contribution < 1.29 is 4.42 Å². The normalized spacial score (nSPS) is 11.5. The summed E-state index contributed by atoms with van der Waals surface area (Å²) in [5, 5.41) is 17.7. The summed E-state index contributed by atoms with van der Waals surface area (Å²) in [6.07, 6.45) is 3.22. The summed E-state index contributed by atoms with van der Waals surface area (Å²) in [5.74, 6) is 0.620. The van der Waals surface area contributed by atoms with E-state index < -0.39 is 5.63 Å². The SMILES string of the molecule is N#CC(=CNc1ccccn1)c1nc(-c2cc3c(ccc4ccccc43)oc2=O)cs1. The van der Waals surface area contributed by atoms with E-state index in [9.17, 15) is 10.1 Å². The van der Waals surface area contributed by atoms with E-state index in [4.69, 9.17) is 4.42 Å². The number of benzene rings is 2. The Morgan fingerprint density at radius 2 is 1.97 bits per heavy atom. The lowest BCUT2D eigenvalue weighted by molar-refractivity contribution is 0.563. The van der Waals surface area contributed by atoms with Gasteiger partial charge in [0.05, 0.1) is 11.3 Å². The van der Waals surface area contributed by atoms with Crippen molar-refractivity contribution in [3.63, 3.8) is 0 Å². The van der Waals surface area contributed by atoms with Gasteiger partial charge in [0.25, 0.3) is 0 Å². The fraction of sp³-hybridized carbons (Fsp3) is 0. The number of hydrogen-bond donors (Lipinski definition) is 1. The summed E-state index contributed by atoms with van der Waals surface area (Å²) in [6.45, 7) is 0. The van der Waals surface area contributed by atoms with Gasteiger partial charge >= 0.3 is 5.63 Å². The molecule has 0 aliphatic rings. The molecule has 0 bridgehead atoms. The zero-order valence-electron chi connectivity index (χ0n) is 16.1. The van der Waals surface area contributed by atoms with Gasteiger partial charge in [-0.15, -0.1) is 11.3 Å². The van der Waals surface area contributed by atoms with Crippen LogP contribution in [0.1, 0.15) is 5.01 Å². The molecule has 7 heteroatoms. The summed E-state index contributed by atoms with van der Waals surface area (Å²) < 4.78 is 5.57. The molecule has 0 unspecified atom stereocenters. The molecule has 2 aromatic carbocycles. The number of nitriles is 1. The Bertz CT molecular complexity index is 1550. The van der Waals surface area contributed by atoms with Crippen LogP contribution >= 0.6 is 11.3 Å². The predicted octanol–water partition coefficient (Wildman–Crippen LogP) is 5.44. The molecule has 6 nitrogen and oxygen atoms in total. The molecule has 3 heterocycles. The fourth-order valence-electron chi connectivity index (χ4n) is 3.31. The van der Waals surface area contributed by atoms with Crippen LogP contribution in [0.15, 0.2) is 87.7 Å². The average molecular weight is 422 g/mol. The van der Waals surface area contributed by atoms with Crippen molar-refractivity contribution >= 4 is 44.5 Å². The van der Waals surface area contributed by atoms with Gasteiger partial charge in [0, 0.05) is 23.2 Å². The smallest absolute Gasteiger partial charge is 0.345 e. The van der Waals surface area contributed by atoms with Crippen LogP contribution in [0.3, 0.4) is 0 Å². The van der Waals surface area contributed by atoms with Crippen molar-refractivity contribution in [1.29, 1.82) is 5.26 Å². The highest BCUT2D eigenvalue weighted by Crippen LogP contribution is 2.29. The van der Waals surface area contributed by atoms with E-state index in [0.29, 0.717) is 33.2 Å². The van der Waals surface area contributed by atoms with Crippen molar-refractivity contribution in [2.45, 2.75) is 0 Å². The van der Waals surface area contributed by atoms with E-state index in [2.05, 4.69) is 21.4 Å². The first-order valence-corrected chi connectivity index (χ1v) is 10.3. The minimum atomic E-state index is -0.464. The summed E-state index contributed by atoms with van der Waals surface area (Å²) >= 11 is 1.29. The second-order valence-corrected chi connectivity index (χ2v) is 7.57. The van der Waals surface area contributed by atoms with Crippen LogP contribution in [0.25, 0.3) is 38.6 Å². The molecule has 31 heavy (non-hydrogen) atoms. The summed E-state index contributed by atoms with van der Waals surface area (Å²) in [6, 6.07) is 21.1. The van der Waals surface area contributed by atoms with E-state index in [1.54, 1.807) is 29.9 Å². The van der Waals surface area contributed by atoms with Gasteiger partial charge in [0.2, 0.25) is 0 Å². The third-order valence-corrected chi connectivity index (χ3v) is 5.68. The Balaban J connectivity index is 1.56. The van der Waals surface area contributed by atoms with E-state index >= 15 is 0 Å². The average Bonchev–Trinajstić information content (AvgIpc) is 3.29. The molecule has 0 radical (unpaired) electrons. The Kier molecular flexibility index (Phi) is 4.75. The number of nitrogens with zero attached hydrogens (tertiary/aromatic N) is 3. The van der Waals surface area contributed by atoms with Crippen LogP contribution < -0.4 is 10.9 Å². The molecule has 5 aromatic rings. The molecule has 148 valence electrons. The maximum absolute atomic E-state index is 12.6. The molecule has 3 aromatic heterocycles. The first-order valence-electron chi connectivity index (χ1n) is 9.42. The Morgan fingerprint density at radius 1 is 1.10 bits per heavy atom. The lowest BCUT2D eigenvalue weighted by Crippen LogP contribution is -2.03. The molecule has 0 saturated heterocycles. The highest BCUT2D eigenvalue weighted by molar-refractivity contribution is 7.11. The van der Waals surface area contributed by atoms with Gasteiger partial charge in [-0.3, -0.25) is 0 Å². The van der Waals surface area contributed by atoms with Gasteiger partial charge in [-0.25, -0.2) is 14.8 Å². The van der Waals surface area contributed by atoms with Gasteiger partial charge in [0.1, 0.15) is 28.1 Å². The fourth-order valence-corrected chi connectivity index (χ4v) is 4.09. The summed E-state index contributed by atoms with van der Waals surface area (Å²) in [5.41, 5.74) is 1.25. The number of aromatic nitrogens is 2. The Morgan fingerprint density at radius 3 is 2.81 bits per heavy atom. The molecule has 0 atom stereocenters. The molecule has 0 spiro atoms. The second kappa shape index (κ2) is 7.86. The molecule has 0 aliphatic carbocycles. The molecular formula is C24H14N4O2S. The van der Waals surface area contributed by atoms with Gasteiger partial charge in [0.15, 0.2) is 0 Å². The number of thiazole rings is 1. The van der Waals surface area contributed by atoms with Gasteiger partial charge in [-0.2, -0.15) is 5.26 Å². The topological polar surface area (TPSA) is 91.8 Å². The van der Waals surface area contributed by atoms with Crippen molar-refractivity contribution in [2.24, 2.45) is 0 Å². The lowest BCUT2D eigenvalue weighted by atomic mass is 10.0. The van der Waals surface area contributed by atoms with Crippen LogP contribution in [-0.4, -0.2) is 9.97 Å². The quantitative estimate of drug-likeness (QED) is 0.235. The third kappa shape index (κ3) is 3.56. The number of hydrogen-bond acceptors (Lipinski definition) is 7. The molecule has 0 aliphatic heterocycles. The largest absolute Gasteiger partial charge is 0.422 e. The highest BCUT2D eigenvalue weighted by atomic mass is 32.1. The number of pyridine rings is 1. The number of fused-ring (bicyclic) bond motifs is 3. The van der Waals surface area contributed by atoms with Crippen molar-refractivity contribution in [2.75, 3.05) is 5.32 Å². The standard InChI is InChI=1S/C24H14N4O2S/c25-12-16(13-27-22-7-3-4-10-26-22)23-28-20(14-31-23)19-11-18-17-6-2-1-5-15(17)8-9-21(18)30-24(19)29/h1-11,13-14H,(H,26,27). The highest BCUT2D eigenvalue weighted by Gasteiger charge is 2.15. The van der Waals surface area contributed by atoms with Crippen molar-refractivity contribution in [1.82, 2.24) is 9.97 Å². The zero-order chi connectivity index (χ0) is 21.2. The summed E-state index contributed by atoms with van der Waals surface area (Å²) in [4.78, 5) is 21.3. The van der Waals surface area contributed by atoms with E-state index in [0.717, 1.165) is 16.2 Å². The minimum Gasteiger partial charge on any atom is -0.422 e. The van der Waals surface area contributed by atoms with Gasteiger partial charge < -0.3 is 9.73 Å². The number of allylic oxidation sites excluding steroid dienone is 1. The van der Waals surface area contributed by atoms with Crippen LogP contribution in [0, 0.1) is 11.3 Å². The van der Waals surface area contributed by atoms with Gasteiger partial charge in [-0.1, -0.05) is 36.4 Å². The van der Waals surface area contributed by atoms with Crippen molar-refractivity contribution in [3.8, 4) is 17.3 Å². The predicted molar refractivity (Wildman–Crippen MR) is 123 cm³/mol. The number of rotatable bonds is 4. The molecule has 5 rings (SSSR count). The molecule has 0 saturated carbocycles. The van der Waals surface area contributed by atoms with Crippen LogP contribution in [0.5, 0.6) is 0 Å². The molecule has 0 amide bonds. The van der Waals surface area contributed by atoms with Crippen LogP contribution in [-0.2, 0) is 0 Å². The minimum absolute atomic E-state index is 0.345. The monoisotopic (exact) mass is 422 g/mol. The van der Waals surface area contributed by atoms with Gasteiger partial charge in [-0.05, 0) is 35.0 Å². The summed E-state index contributed by atoms with van der Waals surface area (Å²) in [7, 11) is 0. The maximum atomic E-state index is 12.6. The van der Waals surface area contributed by atoms with E-state index in [1.165, 1.54) is 11.3 Å². The molecular weight excluding hydrogens is 408 g/mol. The lowest BCUT2D eigenvalue weighted by Gasteiger charge is -2.04.